The second-order valence-corrected chi connectivity index (χ2v) is 8.74. The Hall–Kier alpha value is -0.310. The summed E-state index contributed by atoms with van der Waals surface area (Å²) in [6.07, 6.45) is 1.17. The fourth-order valence-corrected chi connectivity index (χ4v) is 3.58. The number of alkyl halides is 2. The van der Waals surface area contributed by atoms with Gasteiger partial charge in [-0.2, -0.15) is 0 Å². The highest BCUT2D eigenvalue weighted by Gasteiger charge is 2.09. The number of halogens is 3. The lowest BCUT2D eigenvalue weighted by Gasteiger charge is -2.13. The number of hydrogen-bond acceptors (Lipinski definition) is 0. The standard InChI is InChI=1S/C11H14BrCl.C10H13Br/c1-3-8(2)10-5-4-9(7-13)6-11(10)12;1-8(9(2)11)10-6-4-3-5-7-10/h4-6,8H,3,7H2,1-2H3;3-9H,1-2H3. The lowest BCUT2D eigenvalue weighted by molar-refractivity contribution is 0.730. The predicted molar refractivity (Wildman–Crippen MR) is 116 cm³/mol. The normalized spacial score (nSPS) is 14.3. The second kappa shape index (κ2) is 11.3. The van der Waals surface area contributed by atoms with Gasteiger partial charge in [0.15, 0.2) is 0 Å². The topological polar surface area (TPSA) is 0 Å². The van der Waals surface area contributed by atoms with E-state index in [0.29, 0.717) is 22.5 Å². The van der Waals surface area contributed by atoms with Crippen molar-refractivity contribution in [2.24, 2.45) is 0 Å². The predicted octanol–water partition coefficient (Wildman–Crippen LogP) is 8.27. The van der Waals surface area contributed by atoms with E-state index < -0.39 is 0 Å². The summed E-state index contributed by atoms with van der Waals surface area (Å²) in [6, 6.07) is 16.9. The van der Waals surface area contributed by atoms with Gasteiger partial charge in [0, 0.05) is 15.2 Å². The molecule has 0 aliphatic carbocycles. The molecule has 0 saturated carbocycles. The first-order chi connectivity index (χ1) is 11.4. The van der Waals surface area contributed by atoms with E-state index in [2.05, 4.69) is 108 Å². The highest BCUT2D eigenvalue weighted by atomic mass is 79.9. The summed E-state index contributed by atoms with van der Waals surface area (Å²) in [6.45, 7) is 8.85. The third kappa shape index (κ3) is 6.90. The van der Waals surface area contributed by atoms with Gasteiger partial charge in [0.2, 0.25) is 0 Å². The first-order valence-electron chi connectivity index (χ1n) is 8.43. The van der Waals surface area contributed by atoms with Gasteiger partial charge in [-0.15, -0.1) is 11.6 Å². The Bertz CT molecular complexity index is 596. The highest BCUT2D eigenvalue weighted by Crippen LogP contribution is 2.28. The molecule has 0 radical (unpaired) electrons. The Labute approximate surface area is 169 Å². The van der Waals surface area contributed by atoms with E-state index in [4.69, 9.17) is 11.6 Å². The Morgan fingerprint density at radius 3 is 2.08 bits per heavy atom. The van der Waals surface area contributed by atoms with Crippen molar-refractivity contribution < 1.29 is 0 Å². The van der Waals surface area contributed by atoms with Crippen molar-refractivity contribution in [3.05, 3.63) is 69.7 Å². The van der Waals surface area contributed by atoms with Crippen molar-refractivity contribution in [2.75, 3.05) is 0 Å². The zero-order valence-corrected chi connectivity index (χ0v) is 18.8. The number of hydrogen-bond donors (Lipinski definition) is 0. The number of benzene rings is 2. The van der Waals surface area contributed by atoms with Gasteiger partial charge in [-0.25, -0.2) is 0 Å². The molecule has 2 aromatic rings. The van der Waals surface area contributed by atoms with E-state index >= 15 is 0 Å². The van der Waals surface area contributed by atoms with E-state index in [9.17, 15) is 0 Å². The molecule has 2 rings (SSSR count). The van der Waals surface area contributed by atoms with Crippen molar-refractivity contribution in [3.8, 4) is 0 Å². The molecule has 0 nitrogen and oxygen atoms in total. The molecule has 0 aliphatic rings. The van der Waals surface area contributed by atoms with E-state index in [1.54, 1.807) is 0 Å². The van der Waals surface area contributed by atoms with Gasteiger partial charge < -0.3 is 0 Å². The Morgan fingerprint density at radius 1 is 1.00 bits per heavy atom. The molecule has 3 unspecified atom stereocenters. The molecule has 2 aromatic carbocycles. The molecule has 3 atom stereocenters. The molecular formula is C21H27Br2Cl. The maximum absolute atomic E-state index is 5.74. The van der Waals surface area contributed by atoms with Gasteiger partial charge in [-0.3, -0.25) is 0 Å². The van der Waals surface area contributed by atoms with Crippen LogP contribution in [-0.4, -0.2) is 4.83 Å². The van der Waals surface area contributed by atoms with Crippen LogP contribution in [0.5, 0.6) is 0 Å². The van der Waals surface area contributed by atoms with Crippen LogP contribution in [0.15, 0.2) is 53.0 Å². The highest BCUT2D eigenvalue weighted by molar-refractivity contribution is 9.10. The van der Waals surface area contributed by atoms with Crippen LogP contribution < -0.4 is 0 Å². The van der Waals surface area contributed by atoms with Crippen molar-refractivity contribution in [3.63, 3.8) is 0 Å². The molecule has 0 aromatic heterocycles. The first kappa shape index (κ1) is 21.7. The third-order valence-corrected chi connectivity index (χ3v) is 6.17. The Balaban J connectivity index is 0.000000243. The molecule has 0 spiro atoms. The minimum absolute atomic E-state index is 0.546. The third-order valence-electron chi connectivity index (χ3n) is 4.38. The molecule has 0 fully saturated rings. The fourth-order valence-electron chi connectivity index (χ4n) is 2.30. The van der Waals surface area contributed by atoms with Crippen LogP contribution in [-0.2, 0) is 5.88 Å². The largest absolute Gasteiger partial charge is 0.122 e. The van der Waals surface area contributed by atoms with Gasteiger partial charge in [-0.1, -0.05) is 102 Å². The molecule has 0 saturated heterocycles. The molecule has 3 heteroatoms. The molecule has 24 heavy (non-hydrogen) atoms. The second-order valence-electron chi connectivity index (χ2n) is 6.18. The van der Waals surface area contributed by atoms with Crippen LogP contribution >= 0.6 is 43.5 Å². The Kier molecular flexibility index (Phi) is 10.3. The molecule has 0 amide bonds. The number of rotatable bonds is 5. The van der Waals surface area contributed by atoms with Crippen LogP contribution in [0.1, 0.15) is 62.6 Å². The van der Waals surface area contributed by atoms with Crippen LogP contribution in [0.4, 0.5) is 0 Å². The van der Waals surface area contributed by atoms with Crippen molar-refractivity contribution in [2.45, 2.75) is 56.7 Å². The Morgan fingerprint density at radius 2 is 1.62 bits per heavy atom. The zero-order chi connectivity index (χ0) is 18.1. The summed E-state index contributed by atoms with van der Waals surface area (Å²) < 4.78 is 1.18. The summed E-state index contributed by atoms with van der Waals surface area (Å²) in [7, 11) is 0. The fraction of sp³-hybridized carbons (Fsp3) is 0.429. The van der Waals surface area contributed by atoms with Gasteiger partial charge in [0.1, 0.15) is 0 Å². The minimum Gasteiger partial charge on any atom is -0.122 e. The maximum Gasteiger partial charge on any atom is 0.0474 e. The van der Waals surface area contributed by atoms with Gasteiger partial charge in [0.25, 0.3) is 0 Å². The van der Waals surface area contributed by atoms with Crippen LogP contribution in [0.2, 0.25) is 0 Å². The van der Waals surface area contributed by atoms with E-state index in [1.807, 2.05) is 0 Å². The first-order valence-corrected chi connectivity index (χ1v) is 10.7. The smallest absolute Gasteiger partial charge is 0.0474 e. The zero-order valence-electron chi connectivity index (χ0n) is 14.9. The molecule has 0 aliphatic heterocycles. The lowest BCUT2D eigenvalue weighted by Crippen LogP contribution is -2.03. The maximum atomic E-state index is 5.74. The minimum atomic E-state index is 0.546. The summed E-state index contributed by atoms with van der Waals surface area (Å²) in [5.41, 5.74) is 3.94. The van der Waals surface area contributed by atoms with E-state index in [0.717, 1.165) is 0 Å². The average Bonchev–Trinajstić information content (AvgIpc) is 2.61. The average molecular weight is 475 g/mol. The molecular weight excluding hydrogens is 447 g/mol. The molecule has 0 N–H and O–H groups in total. The summed E-state index contributed by atoms with van der Waals surface area (Å²) in [4.78, 5) is 0.546. The SMILES string of the molecule is CC(Br)C(C)c1ccccc1.CCC(C)c1ccc(CCl)cc1Br. The molecule has 0 bridgehead atoms. The quantitative estimate of drug-likeness (QED) is 0.383. The van der Waals surface area contributed by atoms with Crippen LogP contribution in [0.25, 0.3) is 0 Å². The van der Waals surface area contributed by atoms with E-state index in [-0.39, 0.29) is 0 Å². The van der Waals surface area contributed by atoms with Gasteiger partial charge in [0.05, 0.1) is 0 Å². The van der Waals surface area contributed by atoms with Gasteiger partial charge >= 0.3 is 0 Å². The van der Waals surface area contributed by atoms with Crippen LogP contribution in [0, 0.1) is 0 Å². The van der Waals surface area contributed by atoms with Gasteiger partial charge in [-0.05, 0) is 41.0 Å². The monoisotopic (exact) mass is 472 g/mol. The summed E-state index contributed by atoms with van der Waals surface area (Å²) >= 11 is 12.9. The van der Waals surface area contributed by atoms with Crippen LogP contribution in [0.3, 0.4) is 0 Å². The summed E-state index contributed by atoms with van der Waals surface area (Å²) in [5, 5.41) is 0. The van der Waals surface area contributed by atoms with E-state index in [1.165, 1.54) is 27.6 Å². The summed E-state index contributed by atoms with van der Waals surface area (Å²) in [5.74, 6) is 1.79. The lowest BCUT2D eigenvalue weighted by atomic mass is 9.98. The van der Waals surface area contributed by atoms with Crippen molar-refractivity contribution >= 4 is 43.5 Å². The van der Waals surface area contributed by atoms with Crippen molar-refractivity contribution in [1.29, 1.82) is 0 Å². The van der Waals surface area contributed by atoms with Crippen molar-refractivity contribution in [1.82, 2.24) is 0 Å². The molecule has 0 heterocycles. The molecule has 132 valence electrons.